The van der Waals surface area contributed by atoms with Crippen molar-refractivity contribution in [2.75, 3.05) is 26.2 Å². The molecule has 1 aliphatic heterocycles. The van der Waals surface area contributed by atoms with E-state index in [9.17, 15) is 9.59 Å². The second kappa shape index (κ2) is 7.49. The third-order valence-corrected chi connectivity index (χ3v) is 4.73. The maximum atomic E-state index is 12.6. The lowest BCUT2D eigenvalue weighted by Crippen LogP contribution is -2.48. The van der Waals surface area contributed by atoms with Crippen molar-refractivity contribution in [1.82, 2.24) is 9.80 Å². The summed E-state index contributed by atoms with van der Waals surface area (Å²) in [5, 5.41) is 0. The van der Waals surface area contributed by atoms with Crippen LogP contribution in [0.4, 0.5) is 0 Å². The highest BCUT2D eigenvalue weighted by atomic mass is 16.2. The molecule has 0 aliphatic carbocycles. The van der Waals surface area contributed by atoms with E-state index < -0.39 is 5.91 Å². The van der Waals surface area contributed by atoms with E-state index in [2.05, 4.69) is 36.1 Å². The summed E-state index contributed by atoms with van der Waals surface area (Å²) in [7, 11) is 0. The van der Waals surface area contributed by atoms with Gasteiger partial charge in [-0.05, 0) is 42.3 Å². The molecule has 5 nitrogen and oxygen atoms in total. The van der Waals surface area contributed by atoms with E-state index in [1.165, 1.54) is 11.1 Å². The molecule has 25 heavy (non-hydrogen) atoms. The van der Waals surface area contributed by atoms with Crippen LogP contribution in [0.25, 0.3) is 0 Å². The Morgan fingerprint density at radius 2 is 1.52 bits per heavy atom. The van der Waals surface area contributed by atoms with E-state index in [0.29, 0.717) is 24.2 Å². The lowest BCUT2D eigenvalue weighted by Gasteiger charge is -2.35. The van der Waals surface area contributed by atoms with Gasteiger partial charge in [-0.3, -0.25) is 14.5 Å². The lowest BCUT2D eigenvalue weighted by molar-refractivity contribution is 0.0628. The zero-order valence-corrected chi connectivity index (χ0v) is 14.4. The molecule has 0 aromatic heterocycles. The summed E-state index contributed by atoms with van der Waals surface area (Å²) >= 11 is 0. The summed E-state index contributed by atoms with van der Waals surface area (Å²) < 4.78 is 0. The summed E-state index contributed by atoms with van der Waals surface area (Å²) in [6.07, 6.45) is 0. The third-order valence-electron chi connectivity index (χ3n) is 4.73. The van der Waals surface area contributed by atoms with E-state index in [4.69, 9.17) is 5.73 Å². The van der Waals surface area contributed by atoms with E-state index in [-0.39, 0.29) is 5.91 Å². The van der Waals surface area contributed by atoms with Gasteiger partial charge in [-0.1, -0.05) is 24.3 Å². The number of nitrogens with two attached hydrogens (primary N) is 1. The number of carbonyl (C=O) groups is 2. The van der Waals surface area contributed by atoms with Crippen LogP contribution in [0.3, 0.4) is 0 Å². The Labute approximate surface area is 148 Å². The van der Waals surface area contributed by atoms with Crippen LogP contribution >= 0.6 is 0 Å². The van der Waals surface area contributed by atoms with Crippen molar-refractivity contribution in [3.63, 3.8) is 0 Å². The standard InChI is InChI=1S/C20H23N3O2/c1-15-4-2-3-5-18(15)14-22-10-12-23(13-11-22)20(25)17-8-6-16(7-9-17)19(21)24/h2-9H,10-14H2,1H3,(H2,21,24). The third kappa shape index (κ3) is 4.06. The Morgan fingerprint density at radius 1 is 0.920 bits per heavy atom. The highest BCUT2D eigenvalue weighted by Crippen LogP contribution is 2.14. The summed E-state index contributed by atoms with van der Waals surface area (Å²) in [6.45, 7) is 6.19. The van der Waals surface area contributed by atoms with Gasteiger partial charge in [0, 0.05) is 43.9 Å². The van der Waals surface area contributed by atoms with Crippen molar-refractivity contribution in [2.45, 2.75) is 13.5 Å². The quantitative estimate of drug-likeness (QED) is 0.928. The Balaban J connectivity index is 1.57. The number of aryl methyl sites for hydroxylation is 1. The minimum absolute atomic E-state index is 0.00608. The smallest absolute Gasteiger partial charge is 0.253 e. The van der Waals surface area contributed by atoms with Gasteiger partial charge in [-0.15, -0.1) is 0 Å². The van der Waals surface area contributed by atoms with Crippen LogP contribution in [0.2, 0.25) is 0 Å². The predicted molar refractivity (Wildman–Crippen MR) is 97.3 cm³/mol. The topological polar surface area (TPSA) is 66.6 Å². The van der Waals surface area contributed by atoms with Crippen LogP contribution in [-0.4, -0.2) is 47.8 Å². The maximum Gasteiger partial charge on any atom is 0.253 e. The number of benzene rings is 2. The normalized spacial score (nSPS) is 15.2. The van der Waals surface area contributed by atoms with Crippen LogP contribution in [-0.2, 0) is 6.54 Å². The molecule has 0 atom stereocenters. The Hall–Kier alpha value is -2.66. The fourth-order valence-electron chi connectivity index (χ4n) is 3.10. The van der Waals surface area contributed by atoms with Gasteiger partial charge in [0.25, 0.3) is 5.91 Å². The SMILES string of the molecule is Cc1ccccc1CN1CCN(C(=O)c2ccc(C(N)=O)cc2)CC1. The average molecular weight is 337 g/mol. The minimum atomic E-state index is -0.483. The zero-order chi connectivity index (χ0) is 17.8. The molecule has 1 heterocycles. The highest BCUT2D eigenvalue weighted by Gasteiger charge is 2.22. The van der Waals surface area contributed by atoms with Crippen molar-refractivity contribution in [3.8, 4) is 0 Å². The van der Waals surface area contributed by atoms with Gasteiger partial charge in [0.2, 0.25) is 5.91 Å². The molecule has 5 heteroatoms. The number of piperazine rings is 1. The fourth-order valence-corrected chi connectivity index (χ4v) is 3.10. The van der Waals surface area contributed by atoms with Crippen molar-refractivity contribution in [2.24, 2.45) is 5.73 Å². The Kier molecular flexibility index (Phi) is 5.14. The first-order valence-corrected chi connectivity index (χ1v) is 8.50. The van der Waals surface area contributed by atoms with Crippen LogP contribution < -0.4 is 5.73 Å². The molecular weight excluding hydrogens is 314 g/mol. The first-order chi connectivity index (χ1) is 12.0. The summed E-state index contributed by atoms with van der Waals surface area (Å²) in [4.78, 5) is 28.0. The van der Waals surface area contributed by atoms with Crippen LogP contribution in [0.1, 0.15) is 31.8 Å². The van der Waals surface area contributed by atoms with Gasteiger partial charge in [0.05, 0.1) is 0 Å². The maximum absolute atomic E-state index is 12.6. The van der Waals surface area contributed by atoms with E-state index in [1.54, 1.807) is 24.3 Å². The van der Waals surface area contributed by atoms with Crippen molar-refractivity contribution in [1.29, 1.82) is 0 Å². The van der Waals surface area contributed by atoms with Gasteiger partial charge in [-0.2, -0.15) is 0 Å². The van der Waals surface area contributed by atoms with Crippen molar-refractivity contribution in [3.05, 3.63) is 70.8 Å². The first kappa shape index (κ1) is 17.2. The number of rotatable bonds is 4. The molecule has 2 N–H and O–H groups in total. The molecule has 3 rings (SSSR count). The monoisotopic (exact) mass is 337 g/mol. The largest absolute Gasteiger partial charge is 0.366 e. The van der Waals surface area contributed by atoms with Gasteiger partial charge in [-0.25, -0.2) is 0 Å². The van der Waals surface area contributed by atoms with Gasteiger partial charge >= 0.3 is 0 Å². The molecule has 0 unspecified atom stereocenters. The van der Waals surface area contributed by atoms with E-state index >= 15 is 0 Å². The fraction of sp³-hybridized carbons (Fsp3) is 0.300. The number of nitrogens with zero attached hydrogens (tertiary/aromatic N) is 2. The predicted octanol–water partition coefficient (Wildman–Crippen LogP) is 2.05. The number of hydrogen-bond acceptors (Lipinski definition) is 3. The number of hydrogen-bond donors (Lipinski definition) is 1. The number of carbonyl (C=O) groups excluding carboxylic acids is 2. The molecule has 0 bridgehead atoms. The van der Waals surface area contributed by atoms with Gasteiger partial charge in [0.15, 0.2) is 0 Å². The zero-order valence-electron chi connectivity index (χ0n) is 14.4. The Morgan fingerprint density at radius 3 is 2.12 bits per heavy atom. The second-order valence-corrected chi connectivity index (χ2v) is 6.44. The highest BCUT2D eigenvalue weighted by molar-refractivity contribution is 5.97. The van der Waals surface area contributed by atoms with E-state index in [0.717, 1.165) is 19.6 Å². The summed E-state index contributed by atoms with van der Waals surface area (Å²) in [6, 6.07) is 15.0. The molecule has 1 fully saturated rings. The Bertz CT molecular complexity index is 763. The van der Waals surface area contributed by atoms with E-state index in [1.807, 2.05) is 4.90 Å². The van der Waals surface area contributed by atoms with Crippen LogP contribution in [0.5, 0.6) is 0 Å². The molecule has 0 saturated carbocycles. The molecule has 2 aromatic carbocycles. The summed E-state index contributed by atoms with van der Waals surface area (Å²) in [5.41, 5.74) is 8.88. The minimum Gasteiger partial charge on any atom is -0.366 e. The number of amides is 2. The van der Waals surface area contributed by atoms with Crippen molar-refractivity contribution < 1.29 is 9.59 Å². The number of primary amides is 1. The average Bonchev–Trinajstić information content (AvgIpc) is 2.64. The first-order valence-electron chi connectivity index (χ1n) is 8.50. The van der Waals surface area contributed by atoms with Crippen LogP contribution in [0, 0.1) is 6.92 Å². The molecule has 0 spiro atoms. The molecule has 1 saturated heterocycles. The summed E-state index contributed by atoms with van der Waals surface area (Å²) in [5.74, 6) is -0.476. The molecule has 130 valence electrons. The lowest BCUT2D eigenvalue weighted by atomic mass is 10.1. The molecule has 2 amide bonds. The van der Waals surface area contributed by atoms with Gasteiger partial charge in [0.1, 0.15) is 0 Å². The second-order valence-electron chi connectivity index (χ2n) is 6.44. The van der Waals surface area contributed by atoms with Crippen molar-refractivity contribution >= 4 is 11.8 Å². The van der Waals surface area contributed by atoms with Gasteiger partial charge < -0.3 is 10.6 Å². The molecule has 2 aromatic rings. The molecule has 1 aliphatic rings. The molecule has 0 radical (unpaired) electrons. The van der Waals surface area contributed by atoms with Crippen LogP contribution in [0.15, 0.2) is 48.5 Å². The molecular formula is C20H23N3O2.